The largest absolute Gasteiger partial charge is 0.325 e. The van der Waals surface area contributed by atoms with E-state index in [1.165, 1.54) is 23.5 Å². The summed E-state index contributed by atoms with van der Waals surface area (Å²) in [6.45, 7) is 6.81. The van der Waals surface area contributed by atoms with Crippen LogP contribution in [-0.4, -0.2) is 58.9 Å². The van der Waals surface area contributed by atoms with Crippen LogP contribution in [0.5, 0.6) is 0 Å². The molecule has 0 radical (unpaired) electrons. The fraction of sp³-hybridized carbons (Fsp3) is 0.235. The molecule has 2 aromatic carbocycles. The molecule has 10 nitrogen and oxygen atoms in total. The van der Waals surface area contributed by atoms with Gasteiger partial charge in [-0.05, 0) is 54.1 Å². The van der Waals surface area contributed by atoms with Gasteiger partial charge in [0, 0.05) is 53.9 Å². The average Bonchev–Trinajstić information content (AvgIpc) is 3.97. The fourth-order valence-corrected chi connectivity index (χ4v) is 7.50. The van der Waals surface area contributed by atoms with Gasteiger partial charge in [0.05, 0.1) is 5.75 Å². The standard InChI is InChI=1S/C16H15ClN4OS2.C16H16N4OS2.C2H6/c1-20(12-6-4-3-5-7-12)15(22)13(17)24-16-19-18-14(21(16)2)11-8-9-23-10-11;1-2-20-15(12-8-9-22-10-12)18-19-16(20)23-11-14(21)17-13-6-4-3-5-7-13;1-2/h3-10,13H,1-2H3;3-10H,2,11H2,1H3,(H,17,21);1-2H3. The molecule has 1 N–H and O–H groups in total. The molecule has 0 bridgehead atoms. The molecule has 1 atom stereocenters. The summed E-state index contributed by atoms with van der Waals surface area (Å²) in [6, 6.07) is 22.8. The minimum absolute atomic E-state index is 0.0519. The predicted molar refractivity (Wildman–Crippen MR) is 206 cm³/mol. The van der Waals surface area contributed by atoms with Gasteiger partial charge in [0.25, 0.3) is 5.91 Å². The van der Waals surface area contributed by atoms with E-state index < -0.39 is 4.71 Å². The summed E-state index contributed by atoms with van der Waals surface area (Å²) in [6.07, 6.45) is 0. The number of amides is 2. The number of hydrogen-bond donors (Lipinski definition) is 1. The van der Waals surface area contributed by atoms with Crippen LogP contribution in [0.1, 0.15) is 20.8 Å². The molecule has 0 fully saturated rings. The number of thiophene rings is 2. The third-order valence-electron chi connectivity index (χ3n) is 6.69. The number of nitrogens with one attached hydrogen (secondary N) is 1. The molecule has 2 amide bonds. The van der Waals surface area contributed by atoms with Gasteiger partial charge >= 0.3 is 0 Å². The topological polar surface area (TPSA) is 111 Å². The number of thioether (sulfide) groups is 2. The van der Waals surface area contributed by atoms with Crippen LogP contribution in [0.25, 0.3) is 22.8 Å². The van der Waals surface area contributed by atoms with Gasteiger partial charge in [-0.25, -0.2) is 0 Å². The zero-order chi connectivity index (χ0) is 35.2. The summed E-state index contributed by atoms with van der Waals surface area (Å²) in [7, 11) is 3.57. The molecule has 0 aliphatic carbocycles. The van der Waals surface area contributed by atoms with E-state index in [0.29, 0.717) is 10.9 Å². The number of para-hydroxylation sites is 2. The van der Waals surface area contributed by atoms with Crippen LogP contribution < -0.4 is 10.2 Å². The van der Waals surface area contributed by atoms with Crippen molar-refractivity contribution in [1.29, 1.82) is 0 Å². The highest BCUT2D eigenvalue weighted by molar-refractivity contribution is 8.01. The highest BCUT2D eigenvalue weighted by Crippen LogP contribution is 2.30. The molecule has 0 saturated carbocycles. The first kappa shape index (κ1) is 37.9. The van der Waals surface area contributed by atoms with Crippen LogP contribution >= 0.6 is 57.8 Å². The monoisotopic (exact) mass is 752 g/mol. The van der Waals surface area contributed by atoms with Gasteiger partial charge < -0.3 is 19.4 Å². The van der Waals surface area contributed by atoms with Crippen molar-refractivity contribution in [2.24, 2.45) is 7.05 Å². The lowest BCUT2D eigenvalue weighted by molar-refractivity contribution is -0.116. The Kier molecular flexibility index (Phi) is 14.9. The van der Waals surface area contributed by atoms with Crippen molar-refractivity contribution in [2.45, 2.75) is 42.3 Å². The molecule has 4 aromatic heterocycles. The highest BCUT2D eigenvalue weighted by atomic mass is 35.5. The number of anilines is 2. The van der Waals surface area contributed by atoms with E-state index >= 15 is 0 Å². The maximum Gasteiger partial charge on any atom is 0.255 e. The second-order valence-electron chi connectivity index (χ2n) is 9.81. The number of benzene rings is 2. The van der Waals surface area contributed by atoms with E-state index in [1.54, 1.807) is 34.6 Å². The molecular formula is C34H37ClN8O2S4. The second kappa shape index (κ2) is 19.3. The lowest BCUT2D eigenvalue weighted by Gasteiger charge is -2.19. The zero-order valence-corrected chi connectivity index (χ0v) is 31.7. The number of aromatic nitrogens is 6. The maximum atomic E-state index is 12.5. The third kappa shape index (κ3) is 10.3. The van der Waals surface area contributed by atoms with E-state index in [1.807, 2.05) is 131 Å². The van der Waals surface area contributed by atoms with Crippen molar-refractivity contribution >= 4 is 81.0 Å². The normalized spacial score (nSPS) is 11.1. The first-order chi connectivity index (χ1) is 23.9. The number of halogens is 1. The van der Waals surface area contributed by atoms with Crippen LogP contribution in [0, 0.1) is 0 Å². The Labute approximate surface area is 307 Å². The Morgan fingerprint density at radius 1 is 0.857 bits per heavy atom. The van der Waals surface area contributed by atoms with Gasteiger partial charge in [-0.1, -0.05) is 85.4 Å². The predicted octanol–water partition coefficient (Wildman–Crippen LogP) is 8.65. The Bertz CT molecular complexity index is 1860. The summed E-state index contributed by atoms with van der Waals surface area (Å²) in [5.74, 6) is 1.65. The van der Waals surface area contributed by atoms with Gasteiger partial charge in [0.2, 0.25) is 5.91 Å². The van der Waals surface area contributed by atoms with Crippen LogP contribution in [0.15, 0.2) is 105 Å². The fourth-order valence-electron chi connectivity index (χ4n) is 4.27. The van der Waals surface area contributed by atoms with Crippen molar-refractivity contribution in [3.8, 4) is 22.8 Å². The molecule has 4 heterocycles. The molecule has 0 aliphatic heterocycles. The smallest absolute Gasteiger partial charge is 0.255 e. The Balaban J connectivity index is 0.000000210. The molecule has 6 rings (SSSR count). The molecule has 49 heavy (non-hydrogen) atoms. The summed E-state index contributed by atoms with van der Waals surface area (Å²) < 4.78 is 3.09. The first-order valence-electron chi connectivity index (χ1n) is 15.3. The van der Waals surface area contributed by atoms with E-state index in [9.17, 15) is 9.59 Å². The van der Waals surface area contributed by atoms with Crippen LogP contribution in [0.3, 0.4) is 0 Å². The van der Waals surface area contributed by atoms with E-state index in [2.05, 4.69) is 25.7 Å². The maximum absolute atomic E-state index is 12.5. The van der Waals surface area contributed by atoms with Crippen molar-refractivity contribution in [1.82, 2.24) is 29.5 Å². The lowest BCUT2D eigenvalue weighted by Crippen LogP contribution is -2.32. The minimum atomic E-state index is -0.784. The second-order valence-corrected chi connectivity index (χ2v) is 14.1. The molecule has 1 unspecified atom stereocenters. The number of carbonyl (C=O) groups is 2. The molecule has 15 heteroatoms. The zero-order valence-electron chi connectivity index (χ0n) is 27.7. The molecule has 0 spiro atoms. The van der Waals surface area contributed by atoms with Gasteiger partial charge in [-0.15, -0.1) is 20.4 Å². The van der Waals surface area contributed by atoms with Crippen LogP contribution in [0.4, 0.5) is 11.4 Å². The summed E-state index contributed by atoms with van der Waals surface area (Å²) >= 11 is 12.1. The number of hydrogen-bond acceptors (Lipinski definition) is 10. The molecular weight excluding hydrogens is 716 g/mol. The van der Waals surface area contributed by atoms with Crippen molar-refractivity contribution in [3.63, 3.8) is 0 Å². The van der Waals surface area contributed by atoms with Gasteiger partial charge in [-0.3, -0.25) is 9.59 Å². The Morgan fingerprint density at radius 3 is 2.02 bits per heavy atom. The molecule has 6 aromatic rings. The number of alkyl halides is 1. The van der Waals surface area contributed by atoms with Crippen molar-refractivity contribution in [2.75, 3.05) is 23.0 Å². The van der Waals surface area contributed by atoms with Crippen LogP contribution in [-0.2, 0) is 23.2 Å². The molecule has 0 saturated heterocycles. The van der Waals surface area contributed by atoms with Gasteiger partial charge in [-0.2, -0.15) is 22.7 Å². The van der Waals surface area contributed by atoms with Crippen molar-refractivity contribution in [3.05, 3.63) is 94.3 Å². The lowest BCUT2D eigenvalue weighted by atomic mass is 10.3. The number of nitrogens with zero attached hydrogens (tertiary/aromatic N) is 7. The van der Waals surface area contributed by atoms with E-state index in [0.717, 1.165) is 45.9 Å². The quantitative estimate of drug-likeness (QED) is 0.103. The Morgan fingerprint density at radius 2 is 1.43 bits per heavy atom. The summed E-state index contributed by atoms with van der Waals surface area (Å²) in [5.41, 5.74) is 3.66. The highest BCUT2D eigenvalue weighted by Gasteiger charge is 2.25. The Hall–Kier alpha value is -3.95. The van der Waals surface area contributed by atoms with Crippen LogP contribution in [0.2, 0.25) is 0 Å². The molecule has 256 valence electrons. The van der Waals surface area contributed by atoms with E-state index in [4.69, 9.17) is 11.6 Å². The van der Waals surface area contributed by atoms with Gasteiger partial charge in [0.1, 0.15) is 0 Å². The minimum Gasteiger partial charge on any atom is -0.325 e. The summed E-state index contributed by atoms with van der Waals surface area (Å²) in [4.78, 5) is 26.1. The van der Waals surface area contributed by atoms with Crippen molar-refractivity contribution < 1.29 is 9.59 Å². The molecule has 0 aliphatic rings. The SMILES string of the molecule is CC.CCn1c(SCC(=O)Nc2ccccc2)nnc1-c1ccsc1.CN(C(=O)C(Cl)Sc1nnc(-c2ccsc2)n1C)c1ccccc1. The van der Waals surface area contributed by atoms with Gasteiger partial charge in [0.15, 0.2) is 26.7 Å². The number of rotatable bonds is 11. The number of carbonyl (C=O) groups excluding carboxylic acids is 2. The van der Waals surface area contributed by atoms with E-state index in [-0.39, 0.29) is 11.8 Å². The first-order valence-corrected chi connectivity index (χ1v) is 19.5. The summed E-state index contributed by atoms with van der Waals surface area (Å²) in [5, 5.41) is 29.1. The average molecular weight is 753 g/mol. The third-order valence-corrected chi connectivity index (χ3v) is 10.5.